The highest BCUT2D eigenvalue weighted by molar-refractivity contribution is 6.31. The van der Waals surface area contributed by atoms with Gasteiger partial charge in [-0.3, -0.25) is 0 Å². The molecule has 0 saturated carbocycles. The van der Waals surface area contributed by atoms with Crippen LogP contribution in [0.3, 0.4) is 0 Å². The first-order valence-electron chi connectivity index (χ1n) is 7.73. The second-order valence-corrected chi connectivity index (χ2v) is 5.64. The van der Waals surface area contributed by atoms with E-state index in [-0.39, 0.29) is 5.02 Å². The summed E-state index contributed by atoms with van der Waals surface area (Å²) in [6, 6.07) is 4.27. The zero-order chi connectivity index (χ0) is 18.4. The van der Waals surface area contributed by atoms with Gasteiger partial charge in [0, 0.05) is 32.1 Å². The van der Waals surface area contributed by atoms with E-state index in [1.54, 1.807) is 19.4 Å². The summed E-state index contributed by atoms with van der Waals surface area (Å²) in [5.41, 5.74) is 1.19. The summed E-state index contributed by atoms with van der Waals surface area (Å²) >= 11 is 5.80. The normalized spacial score (nSPS) is 10.7. The van der Waals surface area contributed by atoms with Crippen molar-refractivity contribution in [1.82, 2.24) is 30.6 Å². The van der Waals surface area contributed by atoms with E-state index in [9.17, 15) is 4.39 Å². The molecule has 0 bridgehead atoms. The van der Waals surface area contributed by atoms with Crippen LogP contribution in [0.1, 0.15) is 6.42 Å². The number of hydrogen-bond acceptors (Lipinski definition) is 8. The van der Waals surface area contributed by atoms with Crippen molar-refractivity contribution in [3.8, 4) is 11.4 Å². The van der Waals surface area contributed by atoms with Crippen molar-refractivity contribution in [3.05, 3.63) is 35.2 Å². The van der Waals surface area contributed by atoms with Gasteiger partial charge >= 0.3 is 0 Å². The molecule has 2 heterocycles. The first-order valence-corrected chi connectivity index (χ1v) is 8.11. The number of hydrogen-bond donors (Lipinski definition) is 3. The van der Waals surface area contributed by atoms with Gasteiger partial charge in [-0.05, 0) is 35.0 Å². The van der Waals surface area contributed by atoms with Gasteiger partial charge in [0.15, 0.2) is 5.82 Å². The van der Waals surface area contributed by atoms with Crippen LogP contribution in [0.25, 0.3) is 11.4 Å². The number of nitrogens with zero attached hydrogens (tertiary/aromatic N) is 5. The quantitative estimate of drug-likeness (QED) is 0.512. The number of nitrogens with one attached hydrogen (secondary N) is 3. The smallest absolute Gasteiger partial charge is 0.229 e. The summed E-state index contributed by atoms with van der Waals surface area (Å²) in [4.78, 5) is 8.69. The fourth-order valence-corrected chi connectivity index (χ4v) is 2.33. The lowest BCUT2D eigenvalue weighted by molar-refractivity contribution is 0.198. The highest BCUT2D eigenvalue weighted by Gasteiger charge is 2.13. The van der Waals surface area contributed by atoms with Crippen molar-refractivity contribution in [3.63, 3.8) is 0 Å². The van der Waals surface area contributed by atoms with Crippen molar-refractivity contribution >= 4 is 29.1 Å². The van der Waals surface area contributed by atoms with Crippen LogP contribution in [0.4, 0.5) is 21.8 Å². The minimum Gasteiger partial charge on any atom is -0.385 e. The van der Waals surface area contributed by atoms with Crippen molar-refractivity contribution in [2.75, 3.05) is 30.9 Å². The van der Waals surface area contributed by atoms with Crippen LogP contribution in [-0.4, -0.2) is 50.9 Å². The largest absolute Gasteiger partial charge is 0.385 e. The number of methoxy groups -OCH3 is 1. The Morgan fingerprint density at radius 2 is 2.23 bits per heavy atom. The van der Waals surface area contributed by atoms with E-state index in [1.807, 2.05) is 0 Å². The van der Waals surface area contributed by atoms with Crippen molar-refractivity contribution in [2.45, 2.75) is 6.42 Å². The molecule has 3 rings (SSSR count). The van der Waals surface area contributed by atoms with E-state index < -0.39 is 5.82 Å². The summed E-state index contributed by atoms with van der Waals surface area (Å²) in [5, 5.41) is 19.9. The van der Waals surface area contributed by atoms with Gasteiger partial charge in [-0.2, -0.15) is 4.98 Å². The van der Waals surface area contributed by atoms with Crippen molar-refractivity contribution < 1.29 is 9.13 Å². The third-order valence-electron chi connectivity index (χ3n) is 3.38. The number of aromatic nitrogens is 6. The third-order valence-corrected chi connectivity index (χ3v) is 3.67. The zero-order valence-corrected chi connectivity index (χ0v) is 14.6. The highest BCUT2D eigenvalue weighted by atomic mass is 35.5. The number of halogens is 2. The molecule has 3 aromatic rings. The van der Waals surface area contributed by atoms with E-state index in [0.717, 1.165) is 6.42 Å². The molecule has 0 amide bonds. The van der Waals surface area contributed by atoms with Gasteiger partial charge in [-0.15, -0.1) is 5.10 Å². The molecule has 0 radical (unpaired) electrons. The van der Waals surface area contributed by atoms with Gasteiger partial charge in [0.25, 0.3) is 0 Å². The molecule has 0 saturated heterocycles. The Morgan fingerprint density at radius 1 is 1.35 bits per heavy atom. The number of benzene rings is 1. The van der Waals surface area contributed by atoms with Gasteiger partial charge in [-0.25, -0.2) is 14.5 Å². The topological polar surface area (TPSA) is 114 Å². The third kappa shape index (κ3) is 4.41. The molecule has 0 fully saturated rings. The Kier molecular flexibility index (Phi) is 5.87. The molecule has 3 N–H and O–H groups in total. The molecule has 1 aromatic carbocycles. The fourth-order valence-electron chi connectivity index (χ4n) is 2.15. The van der Waals surface area contributed by atoms with E-state index in [0.29, 0.717) is 42.0 Å². The Bertz CT molecular complexity index is 861. The van der Waals surface area contributed by atoms with Crippen LogP contribution in [0.2, 0.25) is 5.02 Å². The highest BCUT2D eigenvalue weighted by Crippen LogP contribution is 2.25. The number of anilines is 3. The molecule has 136 valence electrons. The van der Waals surface area contributed by atoms with E-state index in [2.05, 4.69) is 41.2 Å². The average Bonchev–Trinajstić information content (AvgIpc) is 3.17. The molecule has 0 spiro atoms. The fraction of sp³-hybridized carbons (Fsp3) is 0.267. The standard InChI is InChI=1S/C15H16ClFN8O/c1-26-6-2-5-18-13-10(14-22-24-25-23-14)8-19-15(21-13)20-9-3-4-12(17)11(16)7-9/h3-4,7-8H,2,5-6H2,1H3,(H2,18,19,20,21)(H,22,23,24,25). The SMILES string of the molecule is COCCCNc1nc(Nc2ccc(F)c(Cl)c2)ncc1-c1nnn[nH]1. The maximum absolute atomic E-state index is 13.3. The van der Waals surface area contributed by atoms with Gasteiger partial charge in [0.1, 0.15) is 11.6 Å². The molecule has 0 aliphatic rings. The summed E-state index contributed by atoms with van der Waals surface area (Å²) < 4.78 is 18.3. The van der Waals surface area contributed by atoms with Gasteiger partial charge in [0.2, 0.25) is 5.95 Å². The number of ether oxygens (including phenoxy) is 1. The van der Waals surface area contributed by atoms with Crippen LogP contribution in [0, 0.1) is 5.82 Å². The van der Waals surface area contributed by atoms with Crippen LogP contribution >= 0.6 is 11.6 Å². The predicted molar refractivity (Wildman–Crippen MR) is 94.9 cm³/mol. The van der Waals surface area contributed by atoms with Crippen LogP contribution < -0.4 is 10.6 Å². The lowest BCUT2D eigenvalue weighted by atomic mass is 10.3. The van der Waals surface area contributed by atoms with Crippen molar-refractivity contribution in [2.24, 2.45) is 0 Å². The lowest BCUT2D eigenvalue weighted by Gasteiger charge is -2.11. The molecule has 0 aliphatic carbocycles. The molecule has 2 aromatic heterocycles. The predicted octanol–water partition coefficient (Wildman–Crippen LogP) is 2.64. The number of H-pyrrole nitrogens is 1. The molecular formula is C15H16ClFN8O. The number of rotatable bonds is 8. The lowest BCUT2D eigenvalue weighted by Crippen LogP contribution is -2.09. The average molecular weight is 379 g/mol. The first kappa shape index (κ1) is 18.0. The summed E-state index contributed by atoms with van der Waals surface area (Å²) in [7, 11) is 1.64. The molecule has 11 heteroatoms. The van der Waals surface area contributed by atoms with Crippen molar-refractivity contribution in [1.29, 1.82) is 0 Å². The van der Waals surface area contributed by atoms with Gasteiger partial charge < -0.3 is 15.4 Å². The van der Waals surface area contributed by atoms with Gasteiger partial charge in [-0.1, -0.05) is 11.6 Å². The maximum atomic E-state index is 13.3. The minimum absolute atomic E-state index is 0.0114. The van der Waals surface area contributed by atoms with Gasteiger partial charge in [0.05, 0.1) is 10.6 Å². The first-order chi connectivity index (χ1) is 12.7. The molecule has 0 aliphatic heterocycles. The molecule has 26 heavy (non-hydrogen) atoms. The monoisotopic (exact) mass is 378 g/mol. The minimum atomic E-state index is -0.494. The molecule has 9 nitrogen and oxygen atoms in total. The Balaban J connectivity index is 1.83. The Hall–Kier alpha value is -2.85. The van der Waals surface area contributed by atoms with E-state index in [4.69, 9.17) is 16.3 Å². The zero-order valence-electron chi connectivity index (χ0n) is 13.8. The number of aromatic amines is 1. The summed E-state index contributed by atoms with van der Waals surface area (Å²) in [5.74, 6) is 0.811. The van der Waals surface area contributed by atoms with Crippen LogP contribution in [0.5, 0.6) is 0 Å². The summed E-state index contributed by atoms with van der Waals surface area (Å²) in [6.07, 6.45) is 2.38. The number of tetrazole rings is 1. The maximum Gasteiger partial charge on any atom is 0.229 e. The summed E-state index contributed by atoms with van der Waals surface area (Å²) in [6.45, 7) is 1.26. The Morgan fingerprint density at radius 3 is 2.96 bits per heavy atom. The van der Waals surface area contributed by atoms with Crippen LogP contribution in [0.15, 0.2) is 24.4 Å². The van der Waals surface area contributed by atoms with Crippen LogP contribution in [-0.2, 0) is 4.74 Å². The van der Waals surface area contributed by atoms with E-state index in [1.165, 1.54) is 12.1 Å². The van der Waals surface area contributed by atoms with E-state index >= 15 is 0 Å². The Labute approximate surface area is 153 Å². The molecule has 0 unspecified atom stereocenters. The second-order valence-electron chi connectivity index (χ2n) is 5.23. The molecular weight excluding hydrogens is 363 g/mol. The second kappa shape index (κ2) is 8.50. The molecule has 0 atom stereocenters.